The average molecular weight is 514 g/mol. The van der Waals surface area contributed by atoms with Crippen LogP contribution in [0.2, 0.25) is 0 Å². The molecule has 0 aliphatic carbocycles. The maximum Gasteiger partial charge on any atom is 0.338 e. The van der Waals surface area contributed by atoms with Crippen molar-refractivity contribution in [2.24, 2.45) is 5.92 Å². The van der Waals surface area contributed by atoms with E-state index in [1.807, 2.05) is 6.92 Å². The zero-order valence-electron chi connectivity index (χ0n) is 17.8. The van der Waals surface area contributed by atoms with Crippen LogP contribution in [0.1, 0.15) is 36.0 Å². The van der Waals surface area contributed by atoms with E-state index in [4.69, 9.17) is 19.9 Å². The van der Waals surface area contributed by atoms with Gasteiger partial charge in [-0.2, -0.15) is 5.26 Å². The van der Waals surface area contributed by atoms with Crippen LogP contribution in [0.25, 0.3) is 11.0 Å². The van der Waals surface area contributed by atoms with Crippen LogP contribution in [-0.4, -0.2) is 45.3 Å². The van der Waals surface area contributed by atoms with Crippen LogP contribution < -0.4 is 5.73 Å². The smallest absolute Gasteiger partial charge is 0.338 e. The Labute approximate surface area is 197 Å². The van der Waals surface area contributed by atoms with Crippen molar-refractivity contribution >= 4 is 44.7 Å². The molecule has 0 spiro atoms. The van der Waals surface area contributed by atoms with Crippen LogP contribution in [-0.2, 0) is 19.0 Å². The molecule has 10 nitrogen and oxygen atoms in total. The summed E-state index contributed by atoms with van der Waals surface area (Å²) in [6, 6.07) is 10.7. The van der Waals surface area contributed by atoms with Gasteiger partial charge in [0.1, 0.15) is 41.2 Å². The van der Waals surface area contributed by atoms with Gasteiger partial charge in [0, 0.05) is 12.8 Å². The van der Waals surface area contributed by atoms with E-state index in [0.29, 0.717) is 21.2 Å². The largest absolute Gasteiger partial charge is 0.459 e. The summed E-state index contributed by atoms with van der Waals surface area (Å²) in [4.78, 5) is 32.5. The molecule has 4 atom stereocenters. The summed E-state index contributed by atoms with van der Waals surface area (Å²) in [5.74, 6) is -1.18. The molecule has 170 valence electrons. The molecule has 2 aromatic heterocycles. The average Bonchev–Trinajstić information content (AvgIpc) is 3.26. The molecule has 1 aromatic carbocycles. The second kappa shape index (κ2) is 9.17. The van der Waals surface area contributed by atoms with E-state index < -0.39 is 30.4 Å². The van der Waals surface area contributed by atoms with Crippen LogP contribution in [0.15, 0.2) is 41.3 Å². The number of nitriles is 1. The highest BCUT2D eigenvalue weighted by Gasteiger charge is 2.47. The van der Waals surface area contributed by atoms with E-state index in [-0.39, 0.29) is 23.9 Å². The maximum absolute atomic E-state index is 12.4. The van der Waals surface area contributed by atoms with E-state index in [9.17, 15) is 14.9 Å². The van der Waals surface area contributed by atoms with Crippen LogP contribution in [0, 0.1) is 17.2 Å². The minimum atomic E-state index is -0.849. The summed E-state index contributed by atoms with van der Waals surface area (Å²) in [6.07, 6.45) is -0.892. The number of halogens is 1. The zero-order chi connectivity index (χ0) is 23.7. The van der Waals surface area contributed by atoms with Gasteiger partial charge in [-0.3, -0.25) is 9.36 Å². The first-order valence-corrected chi connectivity index (χ1v) is 10.9. The number of carbonyl (C=O) groups excluding carboxylic acids is 2. The number of carbonyl (C=O) groups is 2. The molecule has 4 rings (SSSR count). The molecule has 0 radical (unpaired) electrons. The number of esters is 2. The number of rotatable bonds is 5. The first-order valence-electron chi connectivity index (χ1n) is 10.1. The highest BCUT2D eigenvalue weighted by atomic mass is 79.9. The second-order valence-corrected chi connectivity index (χ2v) is 8.32. The van der Waals surface area contributed by atoms with Crippen LogP contribution in [0.3, 0.4) is 0 Å². The van der Waals surface area contributed by atoms with Crippen LogP contribution in [0.5, 0.6) is 0 Å². The van der Waals surface area contributed by atoms with Crippen molar-refractivity contribution < 1.29 is 23.8 Å². The highest BCUT2D eigenvalue weighted by Crippen LogP contribution is 2.42. The van der Waals surface area contributed by atoms with Gasteiger partial charge in [0.15, 0.2) is 12.3 Å². The van der Waals surface area contributed by atoms with E-state index in [2.05, 4.69) is 32.0 Å². The molecule has 1 saturated heterocycles. The summed E-state index contributed by atoms with van der Waals surface area (Å²) in [5.41, 5.74) is 7.00. The summed E-state index contributed by atoms with van der Waals surface area (Å²) in [5, 5.41) is 10.0. The fraction of sp³-hybridized carbons (Fsp3) is 0.318. The quantitative estimate of drug-likeness (QED) is 0.509. The van der Waals surface area contributed by atoms with E-state index in [1.54, 1.807) is 34.9 Å². The SMILES string of the molecule is CC(=O)O[C@H]1C(n2c(Br)c(C#N)c3c(N)ncnc32)O[C@H](COC(=O)c2ccccc2)[C@H]1C. The molecular formula is C22H20BrN5O5. The zero-order valence-corrected chi connectivity index (χ0v) is 19.4. The fourth-order valence-corrected chi connectivity index (χ4v) is 4.54. The van der Waals surface area contributed by atoms with Crippen LogP contribution >= 0.6 is 15.9 Å². The Balaban J connectivity index is 1.67. The molecule has 2 N–H and O–H groups in total. The van der Waals surface area contributed by atoms with Gasteiger partial charge in [-0.1, -0.05) is 25.1 Å². The van der Waals surface area contributed by atoms with Crippen molar-refractivity contribution in [3.05, 3.63) is 52.4 Å². The summed E-state index contributed by atoms with van der Waals surface area (Å²) in [7, 11) is 0. The van der Waals surface area contributed by atoms with Gasteiger partial charge in [0.05, 0.1) is 16.5 Å². The third-order valence-electron chi connectivity index (χ3n) is 5.51. The van der Waals surface area contributed by atoms with Crippen molar-refractivity contribution in [3.63, 3.8) is 0 Å². The number of hydrogen-bond donors (Lipinski definition) is 1. The van der Waals surface area contributed by atoms with Crippen molar-refractivity contribution in [3.8, 4) is 6.07 Å². The van der Waals surface area contributed by atoms with Gasteiger partial charge in [-0.05, 0) is 28.1 Å². The molecule has 0 bridgehead atoms. The molecule has 11 heteroatoms. The Morgan fingerprint density at radius 1 is 1.30 bits per heavy atom. The first kappa shape index (κ1) is 22.7. The molecule has 1 unspecified atom stereocenters. The lowest BCUT2D eigenvalue weighted by Gasteiger charge is -2.23. The number of nitrogen functional groups attached to an aromatic ring is 1. The van der Waals surface area contributed by atoms with E-state index in [1.165, 1.54) is 13.3 Å². The van der Waals surface area contributed by atoms with Crippen molar-refractivity contribution in [1.29, 1.82) is 5.26 Å². The third-order valence-corrected chi connectivity index (χ3v) is 6.29. The normalized spacial score (nSPS) is 22.1. The number of benzene rings is 1. The predicted molar refractivity (Wildman–Crippen MR) is 120 cm³/mol. The number of ether oxygens (including phenoxy) is 3. The van der Waals surface area contributed by atoms with Crippen molar-refractivity contribution in [2.45, 2.75) is 32.3 Å². The molecule has 1 fully saturated rings. The molecule has 3 heterocycles. The molecular weight excluding hydrogens is 494 g/mol. The molecule has 1 aliphatic heterocycles. The van der Waals surface area contributed by atoms with E-state index >= 15 is 0 Å². The number of fused-ring (bicyclic) bond motifs is 1. The lowest BCUT2D eigenvalue weighted by atomic mass is 10.0. The van der Waals surface area contributed by atoms with Gasteiger partial charge in [0.2, 0.25) is 0 Å². The molecule has 3 aromatic rings. The molecule has 33 heavy (non-hydrogen) atoms. The Bertz CT molecular complexity index is 1260. The number of nitrogens with two attached hydrogens (primary N) is 1. The van der Waals surface area contributed by atoms with Gasteiger partial charge in [-0.15, -0.1) is 0 Å². The number of anilines is 1. The van der Waals surface area contributed by atoms with Crippen molar-refractivity contribution in [2.75, 3.05) is 12.3 Å². The first-order chi connectivity index (χ1) is 15.8. The Morgan fingerprint density at radius 3 is 2.70 bits per heavy atom. The van der Waals surface area contributed by atoms with Gasteiger partial charge < -0.3 is 19.9 Å². The minimum Gasteiger partial charge on any atom is -0.459 e. The summed E-state index contributed by atoms with van der Waals surface area (Å²) < 4.78 is 19.2. The molecule has 0 amide bonds. The summed E-state index contributed by atoms with van der Waals surface area (Å²) >= 11 is 3.44. The monoisotopic (exact) mass is 513 g/mol. The number of aromatic nitrogens is 3. The highest BCUT2D eigenvalue weighted by molar-refractivity contribution is 9.10. The van der Waals surface area contributed by atoms with Crippen molar-refractivity contribution in [1.82, 2.24) is 14.5 Å². The Kier molecular flexibility index (Phi) is 6.31. The predicted octanol–water partition coefficient (Wildman–Crippen LogP) is 2.97. The van der Waals surface area contributed by atoms with Crippen LogP contribution in [0.4, 0.5) is 5.82 Å². The maximum atomic E-state index is 12.4. The third kappa shape index (κ3) is 4.15. The standard InChI is InChI=1S/C22H20BrN5O5/c1-11-15(9-31-22(30)13-6-4-3-5-7-13)33-21(17(11)32-12(2)29)28-18(23)14(8-24)16-19(25)26-10-27-20(16)28/h3-7,10-11,15,17,21H,9H2,1-2H3,(H2,25,26,27)/t11-,15-,17-,21?/m1/s1. The second-order valence-electron chi connectivity index (χ2n) is 7.57. The lowest BCUT2D eigenvalue weighted by Crippen LogP contribution is -2.31. The van der Waals surface area contributed by atoms with E-state index in [0.717, 1.165) is 0 Å². The lowest BCUT2D eigenvalue weighted by molar-refractivity contribution is -0.153. The molecule has 1 aliphatic rings. The summed E-state index contributed by atoms with van der Waals surface area (Å²) in [6.45, 7) is 3.08. The van der Waals surface area contributed by atoms with Gasteiger partial charge in [-0.25, -0.2) is 14.8 Å². The number of hydrogen-bond acceptors (Lipinski definition) is 9. The van der Waals surface area contributed by atoms with Gasteiger partial charge >= 0.3 is 11.9 Å². The fourth-order valence-electron chi connectivity index (χ4n) is 3.89. The molecule has 0 saturated carbocycles. The van der Waals surface area contributed by atoms with Gasteiger partial charge in [0.25, 0.3) is 0 Å². The Morgan fingerprint density at radius 2 is 2.03 bits per heavy atom. The number of nitrogens with zero attached hydrogens (tertiary/aromatic N) is 4. The minimum absolute atomic E-state index is 0.0534. The topological polar surface area (TPSA) is 142 Å². The Hall–Kier alpha value is -3.49.